The molecule has 0 radical (unpaired) electrons. The van der Waals surface area contributed by atoms with Gasteiger partial charge in [-0.15, -0.1) is 0 Å². The van der Waals surface area contributed by atoms with Gasteiger partial charge in [0.05, 0.1) is 0 Å². The van der Waals surface area contributed by atoms with E-state index in [4.69, 9.17) is 10.5 Å². The van der Waals surface area contributed by atoms with Gasteiger partial charge in [-0.05, 0) is 54.3 Å². The number of benzene rings is 2. The number of halogens is 2. The summed E-state index contributed by atoms with van der Waals surface area (Å²) in [6.07, 6.45) is 1.78. The van der Waals surface area contributed by atoms with Crippen molar-refractivity contribution >= 4 is 31.9 Å². The largest absolute Gasteiger partial charge is 0.489 e. The molecule has 1 unspecified atom stereocenters. The summed E-state index contributed by atoms with van der Waals surface area (Å²) in [5.41, 5.74) is 8.37. The highest BCUT2D eigenvalue weighted by Crippen LogP contribution is 2.25. The van der Waals surface area contributed by atoms with E-state index in [1.165, 1.54) is 0 Å². The Morgan fingerprint density at radius 3 is 2.38 bits per heavy atom. The highest BCUT2D eigenvalue weighted by atomic mass is 79.9. The molecule has 0 aliphatic rings. The minimum atomic E-state index is 0.161. The zero-order chi connectivity index (χ0) is 15.2. The Labute approximate surface area is 143 Å². The van der Waals surface area contributed by atoms with Gasteiger partial charge in [0.2, 0.25) is 0 Å². The lowest BCUT2D eigenvalue weighted by Gasteiger charge is -2.15. The molecule has 0 saturated heterocycles. The molecule has 2 rings (SSSR count). The van der Waals surface area contributed by atoms with Crippen molar-refractivity contribution in [2.24, 2.45) is 5.73 Å². The molecule has 0 aromatic heterocycles. The normalized spacial score (nSPS) is 12.2. The highest BCUT2D eigenvalue weighted by Gasteiger charge is 2.09. The molecule has 0 amide bonds. The summed E-state index contributed by atoms with van der Waals surface area (Å²) in [5.74, 6) is 0.907. The first-order chi connectivity index (χ1) is 10.1. The topological polar surface area (TPSA) is 35.2 Å². The van der Waals surface area contributed by atoms with Crippen LogP contribution in [0, 0.1) is 0 Å². The molecule has 21 heavy (non-hydrogen) atoms. The second-order valence-corrected chi connectivity index (χ2v) is 6.87. The summed E-state index contributed by atoms with van der Waals surface area (Å²) >= 11 is 6.95. The van der Waals surface area contributed by atoms with E-state index in [-0.39, 0.29) is 6.04 Å². The van der Waals surface area contributed by atoms with Crippen LogP contribution in [0.25, 0.3) is 0 Å². The second-order valence-electron chi connectivity index (χ2n) is 5.04. The van der Waals surface area contributed by atoms with E-state index in [0.29, 0.717) is 6.61 Å². The van der Waals surface area contributed by atoms with Gasteiger partial charge in [0.15, 0.2) is 0 Å². The molecular weight excluding hydrogens is 394 g/mol. The van der Waals surface area contributed by atoms with E-state index in [1.54, 1.807) is 0 Å². The van der Waals surface area contributed by atoms with Crippen LogP contribution in [-0.4, -0.2) is 6.04 Å². The highest BCUT2D eigenvalue weighted by molar-refractivity contribution is 9.10. The molecule has 2 aromatic rings. The minimum absolute atomic E-state index is 0.161. The maximum Gasteiger partial charge on any atom is 0.123 e. The predicted octanol–water partition coefficient (Wildman–Crippen LogP) is 5.07. The number of ether oxygens (including phenoxy) is 1. The van der Waals surface area contributed by atoms with Crippen molar-refractivity contribution in [3.05, 3.63) is 62.5 Å². The number of rotatable bonds is 6. The second kappa shape index (κ2) is 7.97. The van der Waals surface area contributed by atoms with Crippen molar-refractivity contribution in [1.29, 1.82) is 0 Å². The van der Waals surface area contributed by atoms with Crippen LogP contribution >= 0.6 is 31.9 Å². The van der Waals surface area contributed by atoms with Gasteiger partial charge >= 0.3 is 0 Å². The molecule has 112 valence electrons. The number of hydrogen-bond donors (Lipinski definition) is 1. The van der Waals surface area contributed by atoms with E-state index in [9.17, 15) is 0 Å². The van der Waals surface area contributed by atoms with Gasteiger partial charge in [-0.25, -0.2) is 0 Å². The average Bonchev–Trinajstić information content (AvgIpc) is 2.48. The fourth-order valence-corrected chi connectivity index (χ4v) is 2.69. The Kier molecular flexibility index (Phi) is 6.27. The van der Waals surface area contributed by atoms with E-state index in [0.717, 1.165) is 38.7 Å². The van der Waals surface area contributed by atoms with Crippen LogP contribution in [0.15, 0.2) is 51.4 Å². The maximum absolute atomic E-state index is 6.07. The fraction of sp³-hybridized carbons (Fsp3) is 0.294. The molecule has 0 bridgehead atoms. The number of hydrogen-bond acceptors (Lipinski definition) is 2. The van der Waals surface area contributed by atoms with Crippen LogP contribution in [0.5, 0.6) is 5.75 Å². The van der Waals surface area contributed by atoms with Crippen LogP contribution in [-0.2, 0) is 13.0 Å². The van der Waals surface area contributed by atoms with E-state index >= 15 is 0 Å². The lowest BCUT2D eigenvalue weighted by molar-refractivity contribution is 0.302. The van der Waals surface area contributed by atoms with Gasteiger partial charge < -0.3 is 10.5 Å². The Morgan fingerprint density at radius 2 is 1.71 bits per heavy atom. The summed E-state index contributed by atoms with van der Waals surface area (Å²) in [6.45, 7) is 2.66. The molecule has 0 saturated carbocycles. The van der Waals surface area contributed by atoms with Crippen molar-refractivity contribution in [3.63, 3.8) is 0 Å². The first-order valence-electron chi connectivity index (χ1n) is 6.99. The van der Waals surface area contributed by atoms with Crippen molar-refractivity contribution in [3.8, 4) is 5.75 Å². The third kappa shape index (κ3) is 5.13. The van der Waals surface area contributed by atoms with Crippen LogP contribution in [0.4, 0.5) is 0 Å². The first-order valence-corrected chi connectivity index (χ1v) is 8.58. The SMILES string of the molecule is CCC(N)Cc1cc(Br)ccc1OCc1ccc(Br)cc1. The van der Waals surface area contributed by atoms with Crippen molar-refractivity contribution in [1.82, 2.24) is 0 Å². The zero-order valence-electron chi connectivity index (χ0n) is 12.0. The van der Waals surface area contributed by atoms with Gasteiger partial charge in [0, 0.05) is 15.0 Å². The Bertz CT molecular complexity index is 584. The van der Waals surface area contributed by atoms with Crippen LogP contribution in [0.2, 0.25) is 0 Å². The lowest BCUT2D eigenvalue weighted by atomic mass is 10.0. The summed E-state index contributed by atoms with van der Waals surface area (Å²) < 4.78 is 8.10. The van der Waals surface area contributed by atoms with E-state index in [2.05, 4.69) is 57.0 Å². The molecule has 0 spiro atoms. The monoisotopic (exact) mass is 411 g/mol. The van der Waals surface area contributed by atoms with Crippen molar-refractivity contribution in [2.45, 2.75) is 32.4 Å². The fourth-order valence-electron chi connectivity index (χ4n) is 2.02. The lowest BCUT2D eigenvalue weighted by Crippen LogP contribution is -2.21. The van der Waals surface area contributed by atoms with Crippen molar-refractivity contribution in [2.75, 3.05) is 0 Å². The van der Waals surface area contributed by atoms with Gasteiger partial charge in [-0.1, -0.05) is 50.9 Å². The van der Waals surface area contributed by atoms with Crippen LogP contribution in [0.3, 0.4) is 0 Å². The molecule has 4 heteroatoms. The zero-order valence-corrected chi connectivity index (χ0v) is 15.2. The molecule has 1 atom stereocenters. The van der Waals surface area contributed by atoms with Crippen LogP contribution < -0.4 is 10.5 Å². The van der Waals surface area contributed by atoms with Gasteiger partial charge in [-0.3, -0.25) is 0 Å². The molecular formula is C17H19Br2NO. The summed E-state index contributed by atoms with van der Waals surface area (Å²) in [5, 5.41) is 0. The molecule has 0 aliphatic heterocycles. The Hall–Kier alpha value is -0.840. The van der Waals surface area contributed by atoms with Crippen LogP contribution in [0.1, 0.15) is 24.5 Å². The quantitative estimate of drug-likeness (QED) is 0.718. The third-order valence-corrected chi connectivity index (χ3v) is 4.36. The van der Waals surface area contributed by atoms with Gasteiger partial charge in [-0.2, -0.15) is 0 Å². The smallest absolute Gasteiger partial charge is 0.123 e. The summed E-state index contributed by atoms with van der Waals surface area (Å²) in [4.78, 5) is 0. The van der Waals surface area contributed by atoms with Gasteiger partial charge in [0.1, 0.15) is 12.4 Å². The standard InChI is InChI=1S/C17H19Br2NO/c1-2-16(20)10-13-9-15(19)7-8-17(13)21-11-12-3-5-14(18)6-4-12/h3-9,16H,2,10-11,20H2,1H3. The van der Waals surface area contributed by atoms with Crippen molar-refractivity contribution < 1.29 is 4.74 Å². The Balaban J connectivity index is 2.09. The average molecular weight is 413 g/mol. The first kappa shape index (κ1) is 16.5. The maximum atomic E-state index is 6.07. The summed E-state index contributed by atoms with van der Waals surface area (Å²) in [6, 6.07) is 14.4. The minimum Gasteiger partial charge on any atom is -0.489 e. The molecule has 2 nitrogen and oxygen atoms in total. The third-order valence-electron chi connectivity index (χ3n) is 3.34. The number of nitrogens with two attached hydrogens (primary N) is 1. The molecule has 0 aliphatic carbocycles. The summed E-state index contributed by atoms with van der Waals surface area (Å²) in [7, 11) is 0. The van der Waals surface area contributed by atoms with E-state index in [1.807, 2.05) is 24.3 Å². The molecule has 2 aromatic carbocycles. The van der Waals surface area contributed by atoms with Gasteiger partial charge in [0.25, 0.3) is 0 Å². The van der Waals surface area contributed by atoms with E-state index < -0.39 is 0 Å². The predicted molar refractivity (Wildman–Crippen MR) is 94.6 cm³/mol. The molecule has 2 N–H and O–H groups in total. The molecule has 0 heterocycles. The Morgan fingerprint density at radius 1 is 1.05 bits per heavy atom. The molecule has 0 fully saturated rings.